The predicted molar refractivity (Wildman–Crippen MR) is 81.7 cm³/mol. The molecule has 0 unspecified atom stereocenters. The summed E-state index contributed by atoms with van der Waals surface area (Å²) in [7, 11) is -3.60. The van der Waals surface area contributed by atoms with E-state index in [0.29, 0.717) is 28.0 Å². The summed E-state index contributed by atoms with van der Waals surface area (Å²) < 4.78 is 28.3. The third kappa shape index (κ3) is 3.26. The van der Waals surface area contributed by atoms with Crippen LogP contribution in [-0.2, 0) is 16.6 Å². The van der Waals surface area contributed by atoms with Crippen LogP contribution in [0, 0.1) is 18.8 Å². The largest absolute Gasteiger partial charge is 0.392 e. The average molecular weight is 330 g/mol. The lowest BCUT2D eigenvalue weighted by Crippen LogP contribution is -2.38. The zero-order chi connectivity index (χ0) is 15.2. The molecule has 4 nitrogen and oxygen atoms in total. The summed E-state index contributed by atoms with van der Waals surface area (Å²) >= 11 is 5.99. The highest BCUT2D eigenvalue weighted by molar-refractivity contribution is 7.89. The molecule has 0 radical (unpaired) electrons. The van der Waals surface area contributed by atoms with E-state index in [2.05, 4.69) is 4.72 Å². The molecule has 2 aliphatic carbocycles. The lowest BCUT2D eigenvalue weighted by molar-refractivity contribution is 0.280. The number of benzene rings is 1. The van der Waals surface area contributed by atoms with Gasteiger partial charge < -0.3 is 5.11 Å². The van der Waals surface area contributed by atoms with Crippen molar-refractivity contribution in [3.63, 3.8) is 0 Å². The first-order valence-corrected chi connectivity index (χ1v) is 9.20. The van der Waals surface area contributed by atoms with Crippen LogP contribution in [0.15, 0.2) is 17.0 Å². The molecule has 0 heterocycles. The third-order valence-electron chi connectivity index (χ3n) is 4.44. The van der Waals surface area contributed by atoms with Gasteiger partial charge in [-0.05, 0) is 67.7 Å². The Morgan fingerprint density at radius 1 is 1.29 bits per heavy atom. The number of nitrogens with one attached hydrogen (secondary N) is 1. The van der Waals surface area contributed by atoms with Crippen molar-refractivity contribution in [2.45, 2.75) is 50.2 Å². The summed E-state index contributed by atoms with van der Waals surface area (Å²) in [6, 6.07) is 3.13. The van der Waals surface area contributed by atoms with Gasteiger partial charge in [-0.3, -0.25) is 0 Å². The zero-order valence-corrected chi connectivity index (χ0v) is 13.5. The quantitative estimate of drug-likeness (QED) is 0.843. The third-order valence-corrected chi connectivity index (χ3v) is 6.25. The number of hydrogen-bond donors (Lipinski definition) is 2. The van der Waals surface area contributed by atoms with Gasteiger partial charge in [0.1, 0.15) is 0 Å². The number of sulfonamides is 1. The van der Waals surface area contributed by atoms with Gasteiger partial charge in [0.05, 0.1) is 11.5 Å². The van der Waals surface area contributed by atoms with Crippen molar-refractivity contribution < 1.29 is 13.5 Å². The van der Waals surface area contributed by atoms with Crippen molar-refractivity contribution in [2.75, 3.05) is 0 Å². The van der Waals surface area contributed by atoms with Gasteiger partial charge in [-0.2, -0.15) is 0 Å². The Hall–Kier alpha value is -0.620. The summed E-state index contributed by atoms with van der Waals surface area (Å²) in [6.07, 6.45) is 4.44. The maximum Gasteiger partial charge on any atom is 0.241 e. The van der Waals surface area contributed by atoms with E-state index < -0.39 is 10.0 Å². The molecule has 0 aromatic heterocycles. The molecule has 1 aromatic carbocycles. The van der Waals surface area contributed by atoms with E-state index in [9.17, 15) is 13.5 Å². The van der Waals surface area contributed by atoms with Crippen LogP contribution in [0.2, 0.25) is 5.02 Å². The molecule has 0 bridgehead atoms. The minimum absolute atomic E-state index is 0.0611. The second kappa shape index (κ2) is 5.54. The monoisotopic (exact) mass is 329 g/mol. The SMILES string of the molecule is Cc1c(CO)cc(Cl)cc1S(=O)(=O)NC(C1CC1)C1CC1. The van der Waals surface area contributed by atoms with Gasteiger partial charge in [-0.25, -0.2) is 13.1 Å². The van der Waals surface area contributed by atoms with Crippen molar-refractivity contribution in [3.05, 3.63) is 28.3 Å². The molecule has 3 rings (SSSR count). The molecule has 116 valence electrons. The van der Waals surface area contributed by atoms with Crippen LogP contribution in [0.25, 0.3) is 0 Å². The number of aliphatic hydroxyl groups is 1. The van der Waals surface area contributed by atoms with Crippen LogP contribution in [0.5, 0.6) is 0 Å². The summed E-state index contributed by atoms with van der Waals surface area (Å²) in [6.45, 7) is 1.49. The predicted octanol–water partition coefficient (Wildman–Crippen LogP) is 2.61. The molecular formula is C15H20ClNO3S. The van der Waals surface area contributed by atoms with Crippen LogP contribution in [-0.4, -0.2) is 19.6 Å². The molecule has 2 N–H and O–H groups in total. The van der Waals surface area contributed by atoms with Crippen LogP contribution < -0.4 is 4.72 Å². The molecule has 0 saturated heterocycles. The molecule has 2 aliphatic rings. The first-order chi connectivity index (χ1) is 9.92. The van der Waals surface area contributed by atoms with Gasteiger partial charge in [0.25, 0.3) is 0 Å². The highest BCUT2D eigenvalue weighted by atomic mass is 35.5. The van der Waals surface area contributed by atoms with E-state index in [-0.39, 0.29) is 17.5 Å². The Morgan fingerprint density at radius 2 is 1.86 bits per heavy atom. The number of halogens is 1. The molecule has 0 amide bonds. The molecular weight excluding hydrogens is 310 g/mol. The van der Waals surface area contributed by atoms with Gasteiger partial charge in [0, 0.05) is 11.1 Å². The van der Waals surface area contributed by atoms with Crippen molar-refractivity contribution in [3.8, 4) is 0 Å². The van der Waals surface area contributed by atoms with Crippen molar-refractivity contribution in [1.29, 1.82) is 0 Å². The minimum Gasteiger partial charge on any atom is -0.392 e. The molecule has 1 aromatic rings. The van der Waals surface area contributed by atoms with E-state index >= 15 is 0 Å². The van der Waals surface area contributed by atoms with E-state index in [1.54, 1.807) is 13.0 Å². The summed E-state index contributed by atoms with van der Waals surface area (Å²) in [5.74, 6) is 0.980. The van der Waals surface area contributed by atoms with Gasteiger partial charge in [-0.15, -0.1) is 0 Å². The fraction of sp³-hybridized carbons (Fsp3) is 0.600. The maximum atomic E-state index is 12.7. The maximum absolute atomic E-state index is 12.7. The van der Waals surface area contributed by atoms with Crippen molar-refractivity contribution in [2.24, 2.45) is 11.8 Å². The van der Waals surface area contributed by atoms with E-state index in [1.807, 2.05) is 0 Å². The Morgan fingerprint density at radius 3 is 2.33 bits per heavy atom. The summed E-state index contributed by atoms with van der Waals surface area (Å²) in [4.78, 5) is 0.186. The normalized spacial score (nSPS) is 19.2. The molecule has 2 saturated carbocycles. The van der Waals surface area contributed by atoms with Crippen LogP contribution in [0.1, 0.15) is 36.8 Å². The molecule has 6 heteroatoms. The standard InChI is InChI=1S/C15H20ClNO3S/c1-9-12(8-18)6-13(16)7-14(9)21(19,20)17-15(10-2-3-10)11-4-5-11/h6-7,10-11,15,17-18H,2-5,8H2,1H3. The first-order valence-electron chi connectivity index (χ1n) is 7.34. The second-order valence-electron chi connectivity index (χ2n) is 6.17. The summed E-state index contributed by atoms with van der Waals surface area (Å²) in [5, 5.41) is 9.67. The Kier molecular flexibility index (Phi) is 4.03. The fourth-order valence-corrected chi connectivity index (χ4v) is 4.87. The Bertz CT molecular complexity index is 639. The van der Waals surface area contributed by atoms with E-state index in [4.69, 9.17) is 11.6 Å². The topological polar surface area (TPSA) is 66.4 Å². The highest BCUT2D eigenvalue weighted by Crippen LogP contribution is 2.45. The van der Waals surface area contributed by atoms with E-state index in [0.717, 1.165) is 25.7 Å². The van der Waals surface area contributed by atoms with Crippen molar-refractivity contribution >= 4 is 21.6 Å². The van der Waals surface area contributed by atoms with Crippen LogP contribution >= 0.6 is 11.6 Å². The van der Waals surface area contributed by atoms with Gasteiger partial charge >= 0.3 is 0 Å². The summed E-state index contributed by atoms with van der Waals surface area (Å²) in [5.41, 5.74) is 1.12. The van der Waals surface area contributed by atoms with Gasteiger partial charge in [0.2, 0.25) is 10.0 Å². The second-order valence-corrected chi connectivity index (χ2v) is 8.29. The van der Waals surface area contributed by atoms with E-state index in [1.165, 1.54) is 6.07 Å². The average Bonchev–Trinajstić information content (AvgIpc) is 3.29. The minimum atomic E-state index is -3.60. The van der Waals surface area contributed by atoms with Crippen LogP contribution in [0.4, 0.5) is 0 Å². The number of hydrogen-bond acceptors (Lipinski definition) is 3. The number of rotatable bonds is 6. The Labute approximate surface area is 130 Å². The first kappa shape index (κ1) is 15.3. The molecule has 0 aliphatic heterocycles. The molecule has 0 atom stereocenters. The Balaban J connectivity index is 1.92. The molecule has 0 spiro atoms. The molecule has 21 heavy (non-hydrogen) atoms. The fourth-order valence-electron chi connectivity index (χ4n) is 2.88. The molecule has 2 fully saturated rings. The zero-order valence-electron chi connectivity index (χ0n) is 12.0. The number of aliphatic hydroxyl groups excluding tert-OH is 1. The lowest BCUT2D eigenvalue weighted by Gasteiger charge is -2.19. The van der Waals surface area contributed by atoms with Gasteiger partial charge in [0.15, 0.2) is 0 Å². The van der Waals surface area contributed by atoms with Crippen molar-refractivity contribution in [1.82, 2.24) is 4.72 Å². The van der Waals surface area contributed by atoms with Gasteiger partial charge in [-0.1, -0.05) is 11.6 Å². The van der Waals surface area contributed by atoms with Crippen LogP contribution in [0.3, 0.4) is 0 Å². The highest BCUT2D eigenvalue weighted by Gasteiger charge is 2.43. The smallest absolute Gasteiger partial charge is 0.241 e. The lowest BCUT2D eigenvalue weighted by atomic mass is 10.1.